The molecule has 0 bridgehead atoms. The smallest absolute Gasteiger partial charge is 0.417 e. The lowest BCUT2D eigenvalue weighted by Crippen LogP contribution is -2.62. The van der Waals surface area contributed by atoms with Gasteiger partial charge in [-0.1, -0.05) is 53.4 Å². The number of ketones is 1. The zero-order valence-electron chi connectivity index (χ0n) is 32.6. The van der Waals surface area contributed by atoms with E-state index in [9.17, 15) is 41.9 Å². The number of rotatable bonds is 15. The summed E-state index contributed by atoms with van der Waals surface area (Å²) in [4.78, 5) is 95.2. The van der Waals surface area contributed by atoms with Crippen molar-refractivity contribution in [3.05, 3.63) is 48.2 Å². The second-order valence-corrected chi connectivity index (χ2v) is 16.1. The molecule has 0 spiro atoms. The molecule has 18 heteroatoms. The van der Waals surface area contributed by atoms with Crippen LogP contribution in [-0.4, -0.2) is 98.0 Å². The maximum atomic E-state index is 14.7. The molecule has 5 rings (SSSR count). The predicted molar refractivity (Wildman–Crippen MR) is 198 cm³/mol. The van der Waals surface area contributed by atoms with Crippen LogP contribution in [0.4, 0.5) is 13.2 Å². The molecule has 1 saturated heterocycles. The van der Waals surface area contributed by atoms with Gasteiger partial charge in [-0.05, 0) is 49.5 Å². The van der Waals surface area contributed by atoms with E-state index in [0.29, 0.717) is 25.5 Å². The molecule has 3 aliphatic rings. The molecule has 2 aromatic rings. The van der Waals surface area contributed by atoms with E-state index in [1.165, 1.54) is 23.5 Å². The minimum Gasteiger partial charge on any atom is -0.472 e. The molecule has 0 radical (unpaired) electrons. The molecular formula is C39H51F3N8O7. The number of alkyl halides is 3. The third-order valence-electron chi connectivity index (χ3n) is 10.4. The highest BCUT2D eigenvalue weighted by Gasteiger charge is 2.47. The topological polar surface area (TPSA) is 202 Å². The monoisotopic (exact) mass is 800 g/mol. The predicted octanol–water partition coefficient (Wildman–Crippen LogP) is 3.28. The van der Waals surface area contributed by atoms with Crippen LogP contribution in [0.15, 0.2) is 36.9 Å². The van der Waals surface area contributed by atoms with Crippen LogP contribution in [0, 0.1) is 11.3 Å². The quantitative estimate of drug-likeness (QED) is 0.194. The van der Waals surface area contributed by atoms with E-state index in [-0.39, 0.29) is 42.9 Å². The number of hydrogen-bond acceptors (Lipinski definition) is 10. The summed E-state index contributed by atoms with van der Waals surface area (Å²) in [6.07, 6.45) is 5.02. The Morgan fingerprint density at radius 1 is 0.912 bits per heavy atom. The lowest BCUT2D eigenvalue weighted by atomic mass is 9.82. The van der Waals surface area contributed by atoms with Gasteiger partial charge < -0.3 is 30.9 Å². The lowest BCUT2D eigenvalue weighted by Gasteiger charge is -2.37. The van der Waals surface area contributed by atoms with Gasteiger partial charge in [-0.3, -0.25) is 33.8 Å². The number of carbonyl (C=O) groups is 6. The van der Waals surface area contributed by atoms with Gasteiger partial charge in [-0.15, -0.1) is 0 Å². The van der Waals surface area contributed by atoms with Gasteiger partial charge >= 0.3 is 6.18 Å². The number of pyridine rings is 1. The number of nitrogens with one attached hydrogen (secondary N) is 4. The number of nitrogens with zero attached hydrogens (tertiary/aromatic N) is 4. The minimum atomic E-state index is -4.63. The van der Waals surface area contributed by atoms with Crippen LogP contribution in [-0.2, 0) is 30.1 Å². The van der Waals surface area contributed by atoms with Crippen LogP contribution in [0.5, 0.6) is 5.88 Å². The molecule has 4 N–H and O–H groups in total. The van der Waals surface area contributed by atoms with Crippen molar-refractivity contribution in [1.29, 1.82) is 0 Å². The Labute approximate surface area is 329 Å². The van der Waals surface area contributed by atoms with Crippen LogP contribution >= 0.6 is 0 Å². The molecule has 4 unspecified atom stereocenters. The van der Waals surface area contributed by atoms with Gasteiger partial charge in [0.2, 0.25) is 29.4 Å². The van der Waals surface area contributed by atoms with E-state index >= 15 is 0 Å². The minimum absolute atomic E-state index is 0.0129. The number of hydrogen-bond donors (Lipinski definition) is 4. The fourth-order valence-electron chi connectivity index (χ4n) is 7.17. The summed E-state index contributed by atoms with van der Waals surface area (Å²) in [5.74, 6) is -4.70. The number of Topliss-reactive ketones (excluding diaryl/α,β-unsaturated/α-hetero) is 1. The summed E-state index contributed by atoms with van der Waals surface area (Å²) >= 11 is 0. The highest BCUT2D eigenvalue weighted by molar-refractivity contribution is 6.38. The Morgan fingerprint density at radius 2 is 1.63 bits per heavy atom. The number of aromatic nitrogens is 3. The Bertz CT molecular complexity index is 1760. The Balaban J connectivity index is 1.41. The summed E-state index contributed by atoms with van der Waals surface area (Å²) in [6.45, 7) is 6.73. The van der Waals surface area contributed by atoms with Gasteiger partial charge in [0, 0.05) is 37.1 Å². The van der Waals surface area contributed by atoms with Crippen LogP contribution in [0.25, 0.3) is 0 Å². The van der Waals surface area contributed by atoms with Gasteiger partial charge in [0.25, 0.3) is 11.8 Å². The summed E-state index contributed by atoms with van der Waals surface area (Å²) in [6, 6.07) is -3.00. The number of amides is 5. The van der Waals surface area contributed by atoms with Crippen molar-refractivity contribution in [2.75, 3.05) is 6.54 Å². The molecule has 2 aliphatic carbocycles. The molecule has 2 saturated carbocycles. The van der Waals surface area contributed by atoms with E-state index in [4.69, 9.17) is 4.74 Å². The van der Waals surface area contributed by atoms with E-state index in [2.05, 4.69) is 36.2 Å². The first-order chi connectivity index (χ1) is 27.0. The van der Waals surface area contributed by atoms with Crippen molar-refractivity contribution >= 4 is 35.3 Å². The van der Waals surface area contributed by atoms with Gasteiger partial charge in [0.15, 0.2) is 0 Å². The van der Waals surface area contributed by atoms with E-state index < -0.39 is 82.7 Å². The highest BCUT2D eigenvalue weighted by atomic mass is 19.4. The molecule has 3 fully saturated rings. The van der Waals surface area contributed by atoms with E-state index in [0.717, 1.165) is 44.2 Å². The van der Waals surface area contributed by atoms with Gasteiger partial charge in [-0.25, -0.2) is 9.97 Å². The normalized spacial score (nSPS) is 20.4. The second-order valence-electron chi connectivity index (χ2n) is 16.1. The standard InChI is InChI=1S/C39H51F3N8O7/c1-5-9-26(31(51)36(55)46-24-13-14-24)47-34(53)28-18-25(57-29-15-12-23(19-45-29)39(40,41)42)21-50(28)37(56)32(38(2,3)4)49-35(54)30(22-10-7-6-8-11-22)48-33(52)27-20-43-16-17-44-27/h12,15-17,19-20,22,24-26,28,30,32H,5-11,13-14,18,21H2,1-4H3,(H,46,55)(H,47,53)(H,48,52)(H,49,54)/t25-,26?,28?,30?,32?/m0/s1. The lowest BCUT2D eigenvalue weighted by molar-refractivity contribution is -0.145. The third kappa shape index (κ3) is 11.5. The van der Waals surface area contributed by atoms with Crippen molar-refractivity contribution in [1.82, 2.24) is 41.1 Å². The maximum absolute atomic E-state index is 14.7. The van der Waals surface area contributed by atoms with E-state index in [1.807, 2.05) is 0 Å². The van der Waals surface area contributed by atoms with Crippen LogP contribution in [0.1, 0.15) is 108 Å². The molecule has 57 heavy (non-hydrogen) atoms. The summed E-state index contributed by atoms with van der Waals surface area (Å²) in [5.41, 5.74) is -1.93. The largest absolute Gasteiger partial charge is 0.472 e. The number of likely N-dealkylation sites (tertiary alicyclic amines) is 1. The number of carbonyl (C=O) groups excluding carboxylic acids is 6. The average molecular weight is 801 g/mol. The van der Waals surface area contributed by atoms with Crippen LogP contribution < -0.4 is 26.0 Å². The first-order valence-electron chi connectivity index (χ1n) is 19.5. The zero-order chi connectivity index (χ0) is 41.5. The van der Waals surface area contributed by atoms with Gasteiger partial charge in [-0.2, -0.15) is 13.2 Å². The molecule has 5 atom stereocenters. The maximum Gasteiger partial charge on any atom is 0.417 e. The van der Waals surface area contributed by atoms with Crippen molar-refractivity contribution in [3.8, 4) is 5.88 Å². The fraction of sp³-hybridized carbons (Fsp3) is 0.615. The first-order valence-corrected chi connectivity index (χ1v) is 19.5. The average Bonchev–Trinajstić information content (AvgIpc) is 3.90. The summed E-state index contributed by atoms with van der Waals surface area (Å²) in [7, 11) is 0. The number of halogens is 3. The molecule has 2 aromatic heterocycles. The van der Waals surface area contributed by atoms with Crippen molar-refractivity contribution in [2.45, 2.75) is 134 Å². The van der Waals surface area contributed by atoms with Crippen molar-refractivity contribution < 1.29 is 46.7 Å². The molecule has 3 heterocycles. The van der Waals surface area contributed by atoms with Crippen molar-refractivity contribution in [2.24, 2.45) is 11.3 Å². The van der Waals surface area contributed by atoms with E-state index in [1.54, 1.807) is 27.7 Å². The SMILES string of the molecule is CCCC(NC(=O)C1C[C@H](Oc2ccc(C(F)(F)F)cn2)CN1C(=O)C(NC(=O)C(NC(=O)c1cnccn1)C1CCCCC1)C(C)(C)C)C(=O)C(=O)NC1CC1. The summed E-state index contributed by atoms with van der Waals surface area (Å²) < 4.78 is 45.6. The molecule has 0 aromatic carbocycles. The van der Waals surface area contributed by atoms with Crippen molar-refractivity contribution in [3.63, 3.8) is 0 Å². The second kappa shape index (κ2) is 18.4. The number of ether oxygens (including phenoxy) is 1. The highest BCUT2D eigenvalue weighted by Crippen LogP contribution is 2.32. The van der Waals surface area contributed by atoms with Crippen LogP contribution in [0.2, 0.25) is 0 Å². The summed E-state index contributed by atoms with van der Waals surface area (Å²) in [5, 5.41) is 11.0. The van der Waals surface area contributed by atoms with Gasteiger partial charge in [0.1, 0.15) is 29.9 Å². The molecule has 1 aliphatic heterocycles. The molecule has 5 amide bonds. The Morgan fingerprint density at radius 3 is 2.21 bits per heavy atom. The zero-order valence-corrected chi connectivity index (χ0v) is 32.6. The Kier molecular flexibility index (Phi) is 13.9. The van der Waals surface area contributed by atoms with Crippen LogP contribution in [0.3, 0.4) is 0 Å². The molecule has 15 nitrogen and oxygen atoms in total. The fourth-order valence-corrected chi connectivity index (χ4v) is 7.17. The molecular weight excluding hydrogens is 749 g/mol. The third-order valence-corrected chi connectivity index (χ3v) is 10.4. The first kappa shape index (κ1) is 43.0. The molecule has 310 valence electrons. The van der Waals surface area contributed by atoms with Gasteiger partial charge in [0.05, 0.1) is 24.3 Å². The Hall–Kier alpha value is -5.16.